The molecule has 3 heterocycles. The Hall–Kier alpha value is -3.39. The highest BCUT2D eigenvalue weighted by Crippen LogP contribution is 2.47. The van der Waals surface area contributed by atoms with E-state index in [9.17, 15) is 14.4 Å². The van der Waals surface area contributed by atoms with Crippen molar-refractivity contribution in [2.75, 3.05) is 13.1 Å². The van der Waals surface area contributed by atoms with E-state index in [-0.39, 0.29) is 12.5 Å². The summed E-state index contributed by atoms with van der Waals surface area (Å²) in [5.74, 6) is -1.08. The van der Waals surface area contributed by atoms with Crippen molar-refractivity contribution in [1.82, 2.24) is 0 Å². The summed E-state index contributed by atoms with van der Waals surface area (Å²) in [5.41, 5.74) is -1.00. The van der Waals surface area contributed by atoms with Crippen LogP contribution < -0.4 is 0 Å². The molecular formula is C38H52NO7+. The first-order valence-electron chi connectivity index (χ1n) is 17.6. The molecule has 3 atom stereocenters. The first kappa shape index (κ1) is 34.0. The van der Waals surface area contributed by atoms with E-state index >= 15 is 0 Å². The highest BCUT2D eigenvalue weighted by Gasteiger charge is 2.57. The third-order valence-electron chi connectivity index (χ3n) is 10.5. The number of ether oxygens (including phenoxy) is 4. The molecule has 0 N–H and O–H groups in total. The number of benzene rings is 2. The molecule has 1 spiro atoms. The second kappa shape index (κ2) is 15.9. The van der Waals surface area contributed by atoms with Crippen molar-refractivity contribution in [3.63, 3.8) is 0 Å². The Labute approximate surface area is 274 Å². The molecule has 46 heavy (non-hydrogen) atoms. The van der Waals surface area contributed by atoms with Gasteiger partial charge in [0.2, 0.25) is 6.29 Å². The van der Waals surface area contributed by atoms with Crippen LogP contribution in [0.15, 0.2) is 60.7 Å². The van der Waals surface area contributed by atoms with Gasteiger partial charge in [-0.25, -0.2) is 9.59 Å². The lowest BCUT2D eigenvalue weighted by atomic mass is 9.85. The van der Waals surface area contributed by atoms with Crippen molar-refractivity contribution >= 4 is 18.1 Å². The van der Waals surface area contributed by atoms with E-state index < -0.39 is 30.0 Å². The normalized spacial score (nSPS) is 22.3. The van der Waals surface area contributed by atoms with Gasteiger partial charge in [0.25, 0.3) is 5.60 Å². The summed E-state index contributed by atoms with van der Waals surface area (Å²) < 4.78 is 24.4. The minimum Gasteiger partial charge on any atom is -0.458 e. The molecule has 5 rings (SSSR count). The van der Waals surface area contributed by atoms with Crippen LogP contribution in [-0.4, -0.2) is 60.1 Å². The van der Waals surface area contributed by atoms with Gasteiger partial charge in [0, 0.05) is 63.0 Å². The summed E-state index contributed by atoms with van der Waals surface area (Å²) in [5, 5.41) is 0. The zero-order chi connectivity index (χ0) is 32.4. The Morgan fingerprint density at radius 3 is 1.89 bits per heavy atom. The fourth-order valence-corrected chi connectivity index (χ4v) is 8.23. The first-order chi connectivity index (χ1) is 22.4. The maximum absolute atomic E-state index is 14.5. The Kier molecular flexibility index (Phi) is 11.8. The van der Waals surface area contributed by atoms with Crippen molar-refractivity contribution in [2.24, 2.45) is 0 Å². The van der Waals surface area contributed by atoms with Gasteiger partial charge in [-0.1, -0.05) is 106 Å². The summed E-state index contributed by atoms with van der Waals surface area (Å²) in [6.45, 7) is 6.12. The smallest absolute Gasteiger partial charge is 0.458 e. The predicted molar refractivity (Wildman–Crippen MR) is 175 cm³/mol. The van der Waals surface area contributed by atoms with Crippen LogP contribution in [0.3, 0.4) is 0 Å². The zero-order valence-electron chi connectivity index (χ0n) is 27.7. The second-order valence-corrected chi connectivity index (χ2v) is 13.5. The highest BCUT2D eigenvalue weighted by molar-refractivity contribution is 5.88. The van der Waals surface area contributed by atoms with E-state index in [0.717, 1.165) is 32.1 Å². The monoisotopic (exact) mass is 634 g/mol. The molecule has 0 radical (unpaired) electrons. The molecule has 8 heteroatoms. The van der Waals surface area contributed by atoms with E-state index in [1.165, 1.54) is 75.9 Å². The first-order valence-corrected chi connectivity index (χ1v) is 17.6. The number of piperidine rings is 1. The van der Waals surface area contributed by atoms with Crippen LogP contribution >= 0.6 is 0 Å². The van der Waals surface area contributed by atoms with Crippen molar-refractivity contribution in [2.45, 2.75) is 134 Å². The number of hydrogen-bond donors (Lipinski definition) is 0. The van der Waals surface area contributed by atoms with Crippen molar-refractivity contribution < 1.29 is 37.8 Å². The van der Waals surface area contributed by atoms with E-state index in [0.29, 0.717) is 23.2 Å². The van der Waals surface area contributed by atoms with Crippen LogP contribution in [-0.2, 0) is 34.1 Å². The fraction of sp³-hybridized carbons (Fsp3) is 0.605. The Balaban J connectivity index is 1.27. The molecule has 3 fully saturated rings. The summed E-state index contributed by atoms with van der Waals surface area (Å²) in [7, 11) is 0. The second-order valence-electron chi connectivity index (χ2n) is 13.5. The number of unbranched alkanes of at least 4 members (excludes halogenated alkanes) is 6. The van der Waals surface area contributed by atoms with Crippen molar-refractivity contribution in [3.05, 3.63) is 71.8 Å². The SMILES string of the molecule is CCCCCCCCCC(=O)OC(C)OC(=O)OC(C(=O)OC1CC2CCC(C1)[N+]21CCCC1)(c1ccccc1)c1ccccc1. The Bertz CT molecular complexity index is 1220. The van der Waals surface area contributed by atoms with Crippen LogP contribution in [0.4, 0.5) is 4.79 Å². The molecule has 3 aliphatic rings. The number of carbonyl (C=O) groups is 3. The topological polar surface area (TPSA) is 88.1 Å². The van der Waals surface area contributed by atoms with Gasteiger partial charge in [0.15, 0.2) is 0 Å². The fourth-order valence-electron chi connectivity index (χ4n) is 8.23. The maximum atomic E-state index is 14.5. The standard InChI is InChI=1S/C38H52NO7/c1-3-4-5-6-7-8-15-22-35(40)43-29(2)44-37(42)46-38(30-18-11-9-12-19-30,31-20-13-10-14-21-31)36(41)45-34-27-32-23-24-33(28-34)39(32)25-16-17-26-39/h9-14,18-21,29,32-34H,3-8,15-17,22-28H2,1-2H3/q+1. The molecular weight excluding hydrogens is 582 g/mol. The third kappa shape index (κ3) is 7.76. The van der Waals surface area contributed by atoms with E-state index in [2.05, 4.69) is 6.92 Å². The number of nitrogens with zero attached hydrogens (tertiary/aromatic N) is 1. The van der Waals surface area contributed by atoms with E-state index in [1.54, 1.807) is 48.5 Å². The molecule has 3 unspecified atom stereocenters. The van der Waals surface area contributed by atoms with Gasteiger partial charge in [-0.3, -0.25) is 4.79 Å². The maximum Gasteiger partial charge on any atom is 0.513 e. The van der Waals surface area contributed by atoms with Gasteiger partial charge in [-0.05, 0) is 6.42 Å². The Morgan fingerprint density at radius 2 is 1.33 bits per heavy atom. The molecule has 2 aromatic rings. The summed E-state index contributed by atoms with van der Waals surface area (Å²) in [6.07, 6.45) is 11.8. The average molecular weight is 635 g/mol. The summed E-state index contributed by atoms with van der Waals surface area (Å²) >= 11 is 0. The quantitative estimate of drug-likeness (QED) is 0.0646. The van der Waals surface area contributed by atoms with Crippen molar-refractivity contribution in [1.29, 1.82) is 0 Å². The molecule has 3 aliphatic heterocycles. The number of rotatable bonds is 15. The van der Waals surface area contributed by atoms with Crippen LogP contribution in [0, 0.1) is 0 Å². The number of hydrogen-bond acceptors (Lipinski definition) is 7. The lowest BCUT2D eigenvalue weighted by Crippen LogP contribution is -2.60. The largest absolute Gasteiger partial charge is 0.513 e. The molecule has 250 valence electrons. The van der Waals surface area contributed by atoms with Gasteiger partial charge in [-0.15, -0.1) is 0 Å². The molecule has 2 aromatic carbocycles. The van der Waals surface area contributed by atoms with Gasteiger partial charge >= 0.3 is 18.1 Å². The van der Waals surface area contributed by atoms with Crippen LogP contribution in [0.2, 0.25) is 0 Å². The lowest BCUT2D eigenvalue weighted by Gasteiger charge is -2.47. The zero-order valence-corrected chi connectivity index (χ0v) is 27.7. The van der Waals surface area contributed by atoms with E-state index in [4.69, 9.17) is 18.9 Å². The van der Waals surface area contributed by atoms with Gasteiger partial charge in [-0.2, -0.15) is 0 Å². The number of esters is 2. The Morgan fingerprint density at radius 1 is 0.783 bits per heavy atom. The minimum atomic E-state index is -1.91. The predicted octanol–water partition coefficient (Wildman–Crippen LogP) is 7.96. The van der Waals surface area contributed by atoms with Gasteiger partial charge in [0.1, 0.15) is 6.10 Å². The molecule has 0 amide bonds. The highest BCUT2D eigenvalue weighted by atomic mass is 16.8. The van der Waals surface area contributed by atoms with Gasteiger partial charge < -0.3 is 23.4 Å². The molecule has 0 saturated carbocycles. The summed E-state index contributed by atoms with van der Waals surface area (Å²) in [4.78, 5) is 40.3. The molecule has 3 saturated heterocycles. The van der Waals surface area contributed by atoms with E-state index in [1.807, 2.05) is 12.1 Å². The molecule has 2 bridgehead atoms. The third-order valence-corrected chi connectivity index (χ3v) is 10.5. The van der Waals surface area contributed by atoms with Crippen molar-refractivity contribution in [3.8, 4) is 0 Å². The summed E-state index contributed by atoms with van der Waals surface area (Å²) in [6, 6.07) is 18.9. The minimum absolute atomic E-state index is 0.254. The molecule has 0 aromatic heterocycles. The lowest BCUT2D eigenvalue weighted by molar-refractivity contribution is -0.956. The van der Waals surface area contributed by atoms with Crippen LogP contribution in [0.1, 0.15) is 115 Å². The molecule has 8 nitrogen and oxygen atoms in total. The number of carbonyl (C=O) groups excluding carboxylic acids is 3. The average Bonchev–Trinajstić information content (AvgIpc) is 3.60. The van der Waals surface area contributed by atoms with Gasteiger partial charge in [0.05, 0.1) is 25.2 Å². The number of quaternary nitrogens is 1. The van der Waals surface area contributed by atoms with Crippen LogP contribution in [0.25, 0.3) is 0 Å². The van der Waals surface area contributed by atoms with Crippen LogP contribution in [0.5, 0.6) is 0 Å². The molecule has 0 aliphatic carbocycles.